The van der Waals surface area contributed by atoms with Crippen LogP contribution in [-0.4, -0.2) is 19.8 Å². The molecule has 24 heavy (non-hydrogen) atoms. The lowest BCUT2D eigenvalue weighted by molar-refractivity contribution is 0.225. The van der Waals surface area contributed by atoms with Gasteiger partial charge in [0.25, 0.3) is 0 Å². The van der Waals surface area contributed by atoms with Gasteiger partial charge in [0.05, 0.1) is 0 Å². The fraction of sp³-hybridized carbons (Fsp3) is 0.167. The van der Waals surface area contributed by atoms with Gasteiger partial charge in [0.1, 0.15) is 11.9 Å². The van der Waals surface area contributed by atoms with Crippen LogP contribution < -0.4 is 4.74 Å². The zero-order valence-corrected chi connectivity index (χ0v) is 14.0. The lowest BCUT2D eigenvalue weighted by Crippen LogP contribution is -2.04. The van der Waals surface area contributed by atoms with Crippen molar-refractivity contribution >= 4 is 16.3 Å². The second-order valence-electron chi connectivity index (χ2n) is 5.49. The van der Waals surface area contributed by atoms with Gasteiger partial charge in [-0.3, -0.25) is 0 Å². The summed E-state index contributed by atoms with van der Waals surface area (Å²) >= 11 is 1.51. The fourth-order valence-corrected chi connectivity index (χ4v) is 3.32. The Hall–Kier alpha value is -2.73. The number of nitrogens with zero attached hydrogens (tertiary/aromatic N) is 4. The van der Waals surface area contributed by atoms with E-state index in [9.17, 15) is 0 Å². The summed E-state index contributed by atoms with van der Waals surface area (Å²) in [6.07, 6.45) is 0.572. The fourth-order valence-electron chi connectivity index (χ4n) is 2.48. The summed E-state index contributed by atoms with van der Waals surface area (Å²) in [6, 6.07) is 20.0. The zero-order chi connectivity index (χ0) is 16.4. The first-order valence-electron chi connectivity index (χ1n) is 7.76. The minimum absolute atomic E-state index is 0.135. The predicted molar refractivity (Wildman–Crippen MR) is 93.4 cm³/mol. The second kappa shape index (κ2) is 6.41. The molecule has 4 aromatic rings. The summed E-state index contributed by atoms with van der Waals surface area (Å²) in [5, 5.41) is 14.0. The molecule has 120 valence electrons. The Morgan fingerprint density at radius 2 is 1.71 bits per heavy atom. The van der Waals surface area contributed by atoms with Crippen LogP contribution in [0.15, 0.2) is 60.7 Å². The highest BCUT2D eigenvalue weighted by Crippen LogP contribution is 2.25. The van der Waals surface area contributed by atoms with Gasteiger partial charge < -0.3 is 4.74 Å². The Labute approximate surface area is 143 Å². The summed E-state index contributed by atoms with van der Waals surface area (Å²) in [5.41, 5.74) is 1.19. The standard InChI is InChI=1S/C18H16N4OS/c1-13(23-15-10-6-3-7-11-15)17-21-22-16(19-20-18(22)24-17)12-14-8-4-2-5-9-14/h2-11,13H,12H2,1H3/t13-/m0/s1. The summed E-state index contributed by atoms with van der Waals surface area (Å²) in [7, 11) is 0. The highest BCUT2D eigenvalue weighted by atomic mass is 32.1. The van der Waals surface area contributed by atoms with Gasteiger partial charge >= 0.3 is 0 Å². The molecule has 0 saturated heterocycles. The van der Waals surface area contributed by atoms with Gasteiger partial charge in [-0.15, -0.1) is 10.2 Å². The molecule has 0 saturated carbocycles. The molecule has 0 amide bonds. The topological polar surface area (TPSA) is 52.3 Å². The molecule has 0 unspecified atom stereocenters. The van der Waals surface area contributed by atoms with Gasteiger partial charge in [-0.1, -0.05) is 59.9 Å². The molecular formula is C18H16N4OS. The number of fused-ring (bicyclic) bond motifs is 1. The van der Waals surface area contributed by atoms with Crippen LogP contribution in [0.3, 0.4) is 0 Å². The molecule has 5 nitrogen and oxygen atoms in total. The van der Waals surface area contributed by atoms with E-state index in [4.69, 9.17) is 4.74 Å². The van der Waals surface area contributed by atoms with Crippen molar-refractivity contribution in [2.45, 2.75) is 19.4 Å². The zero-order valence-electron chi connectivity index (χ0n) is 13.2. The van der Waals surface area contributed by atoms with Crippen molar-refractivity contribution in [2.24, 2.45) is 0 Å². The number of aromatic nitrogens is 4. The molecule has 0 radical (unpaired) electrons. The average Bonchev–Trinajstić information content (AvgIpc) is 3.19. The molecule has 0 aliphatic carbocycles. The molecule has 4 rings (SSSR count). The van der Waals surface area contributed by atoms with E-state index in [2.05, 4.69) is 27.4 Å². The average molecular weight is 336 g/mol. The summed E-state index contributed by atoms with van der Waals surface area (Å²) < 4.78 is 7.76. The van der Waals surface area contributed by atoms with E-state index in [1.165, 1.54) is 16.9 Å². The SMILES string of the molecule is C[C@H](Oc1ccccc1)c1nn2c(Cc3ccccc3)nnc2s1. The highest BCUT2D eigenvalue weighted by molar-refractivity contribution is 7.16. The van der Waals surface area contributed by atoms with Crippen molar-refractivity contribution in [3.05, 3.63) is 77.1 Å². The first kappa shape index (κ1) is 14.8. The Balaban J connectivity index is 1.57. The molecule has 2 heterocycles. The summed E-state index contributed by atoms with van der Waals surface area (Å²) in [4.78, 5) is 0.791. The first-order valence-corrected chi connectivity index (χ1v) is 8.58. The minimum Gasteiger partial charge on any atom is -0.483 e. The molecule has 6 heteroatoms. The molecule has 0 bridgehead atoms. The van der Waals surface area contributed by atoms with Gasteiger partial charge in [0, 0.05) is 6.42 Å². The Bertz CT molecular complexity index is 933. The normalized spacial score (nSPS) is 12.4. The van der Waals surface area contributed by atoms with Gasteiger partial charge in [-0.2, -0.15) is 9.61 Å². The van der Waals surface area contributed by atoms with E-state index < -0.39 is 0 Å². The van der Waals surface area contributed by atoms with E-state index in [0.29, 0.717) is 6.42 Å². The largest absolute Gasteiger partial charge is 0.483 e. The third kappa shape index (κ3) is 3.00. The molecule has 2 aromatic heterocycles. The highest BCUT2D eigenvalue weighted by Gasteiger charge is 2.17. The Morgan fingerprint density at radius 3 is 2.46 bits per heavy atom. The second-order valence-corrected chi connectivity index (χ2v) is 6.47. The van der Waals surface area contributed by atoms with Crippen molar-refractivity contribution in [1.29, 1.82) is 0 Å². The number of hydrogen-bond acceptors (Lipinski definition) is 5. The van der Waals surface area contributed by atoms with Crippen LogP contribution in [-0.2, 0) is 6.42 Å². The molecular weight excluding hydrogens is 320 g/mol. The molecule has 0 spiro atoms. The van der Waals surface area contributed by atoms with Crippen molar-refractivity contribution in [1.82, 2.24) is 19.8 Å². The molecule has 1 atom stereocenters. The van der Waals surface area contributed by atoms with Crippen LogP contribution in [0, 0.1) is 0 Å². The number of para-hydroxylation sites is 1. The van der Waals surface area contributed by atoms with E-state index in [1.807, 2.05) is 60.0 Å². The smallest absolute Gasteiger partial charge is 0.234 e. The van der Waals surface area contributed by atoms with Crippen molar-refractivity contribution in [2.75, 3.05) is 0 Å². The van der Waals surface area contributed by atoms with Crippen molar-refractivity contribution < 1.29 is 4.74 Å². The maximum Gasteiger partial charge on any atom is 0.234 e. The number of hydrogen-bond donors (Lipinski definition) is 0. The van der Waals surface area contributed by atoms with Crippen LogP contribution in [0.5, 0.6) is 5.75 Å². The summed E-state index contributed by atoms with van der Waals surface area (Å²) in [6.45, 7) is 2.00. The molecule has 0 aliphatic rings. The van der Waals surface area contributed by atoms with E-state index in [0.717, 1.165) is 21.5 Å². The molecule has 0 N–H and O–H groups in total. The number of rotatable bonds is 5. The predicted octanol–water partition coefficient (Wildman–Crippen LogP) is 3.92. The van der Waals surface area contributed by atoms with Gasteiger partial charge in [0.15, 0.2) is 10.8 Å². The Kier molecular flexibility index (Phi) is 3.96. The molecule has 0 fully saturated rings. The summed E-state index contributed by atoms with van der Waals surface area (Å²) in [5.74, 6) is 1.67. The minimum atomic E-state index is -0.135. The van der Waals surface area contributed by atoms with Crippen LogP contribution in [0.25, 0.3) is 4.96 Å². The van der Waals surface area contributed by atoms with E-state index >= 15 is 0 Å². The van der Waals surface area contributed by atoms with Crippen LogP contribution in [0.2, 0.25) is 0 Å². The number of ether oxygens (including phenoxy) is 1. The van der Waals surface area contributed by atoms with Crippen LogP contribution in [0.1, 0.15) is 29.4 Å². The molecule has 2 aromatic carbocycles. The van der Waals surface area contributed by atoms with Crippen molar-refractivity contribution in [3.8, 4) is 5.75 Å². The third-order valence-electron chi connectivity index (χ3n) is 3.68. The van der Waals surface area contributed by atoms with Crippen LogP contribution >= 0.6 is 11.3 Å². The van der Waals surface area contributed by atoms with E-state index in [-0.39, 0.29) is 6.10 Å². The van der Waals surface area contributed by atoms with Gasteiger partial charge in [0.2, 0.25) is 4.96 Å². The quantitative estimate of drug-likeness (QED) is 0.554. The Morgan fingerprint density at radius 1 is 1.00 bits per heavy atom. The van der Waals surface area contributed by atoms with E-state index in [1.54, 1.807) is 0 Å². The lowest BCUT2D eigenvalue weighted by atomic mass is 10.1. The number of benzene rings is 2. The first-order chi connectivity index (χ1) is 11.8. The maximum absolute atomic E-state index is 5.94. The maximum atomic E-state index is 5.94. The van der Waals surface area contributed by atoms with Crippen molar-refractivity contribution in [3.63, 3.8) is 0 Å². The monoisotopic (exact) mass is 336 g/mol. The van der Waals surface area contributed by atoms with Gasteiger partial charge in [-0.25, -0.2) is 0 Å². The lowest BCUT2D eigenvalue weighted by Gasteiger charge is -2.11. The van der Waals surface area contributed by atoms with Gasteiger partial charge in [-0.05, 0) is 24.6 Å². The molecule has 0 aliphatic heterocycles. The van der Waals surface area contributed by atoms with Crippen LogP contribution in [0.4, 0.5) is 0 Å². The third-order valence-corrected chi connectivity index (χ3v) is 4.74.